The molecule has 9 heteroatoms. The molecule has 1 saturated heterocycles. The van der Waals surface area contributed by atoms with Gasteiger partial charge in [-0.05, 0) is 69.4 Å². The summed E-state index contributed by atoms with van der Waals surface area (Å²) in [6.07, 6.45) is 5.50. The zero-order chi connectivity index (χ0) is 26.5. The van der Waals surface area contributed by atoms with Gasteiger partial charge >= 0.3 is 0 Å². The summed E-state index contributed by atoms with van der Waals surface area (Å²) in [5.41, 5.74) is 3.70. The highest BCUT2D eigenvalue weighted by Crippen LogP contribution is 2.38. The average Bonchev–Trinajstić information content (AvgIpc) is 3.40. The van der Waals surface area contributed by atoms with Crippen molar-refractivity contribution < 1.29 is 14.3 Å². The number of carbonyl (C=O) groups is 1. The highest BCUT2D eigenvalue weighted by Gasteiger charge is 2.30. The van der Waals surface area contributed by atoms with Gasteiger partial charge in [-0.1, -0.05) is 23.7 Å². The Hall–Kier alpha value is -3.62. The van der Waals surface area contributed by atoms with Gasteiger partial charge in [-0.25, -0.2) is 0 Å². The largest absolute Gasteiger partial charge is 0.491 e. The number of likely N-dealkylation sites (N-methyl/N-ethyl adjacent to an activating group) is 1. The van der Waals surface area contributed by atoms with Crippen LogP contribution in [0, 0.1) is 0 Å². The Balaban J connectivity index is 1.28. The van der Waals surface area contributed by atoms with Crippen LogP contribution in [0.2, 0.25) is 5.02 Å². The van der Waals surface area contributed by atoms with Gasteiger partial charge in [-0.2, -0.15) is 0 Å². The van der Waals surface area contributed by atoms with Crippen molar-refractivity contribution in [3.63, 3.8) is 0 Å². The zero-order valence-electron chi connectivity index (χ0n) is 21.7. The maximum Gasteiger partial charge on any atom is 0.237 e. The first-order valence-electron chi connectivity index (χ1n) is 12.8. The standard InChI is InChI=1S/C29H32ClN5O3/c1-33(2)17-29(36)34-14-6-8-23(34)19-38-27-10-5-9-26-24(27)16-31-20-35(26)22-11-12-28(25(30)15-22)37-18-21-7-3-4-13-32-21/h3-5,7,9-13,15,20,23H,6,8,14,16-19H2,1-2H3/t23-/m1/s1. The van der Waals surface area contributed by atoms with E-state index in [0.717, 1.165) is 47.8 Å². The molecule has 0 aliphatic carbocycles. The summed E-state index contributed by atoms with van der Waals surface area (Å²) in [5.74, 6) is 1.53. The van der Waals surface area contributed by atoms with Crippen LogP contribution in [0.15, 0.2) is 65.8 Å². The molecule has 3 aromatic rings. The van der Waals surface area contributed by atoms with E-state index in [-0.39, 0.29) is 11.9 Å². The first-order valence-corrected chi connectivity index (χ1v) is 13.2. The first-order chi connectivity index (χ1) is 18.5. The number of ether oxygens (including phenoxy) is 2. The lowest BCUT2D eigenvalue weighted by Gasteiger charge is -2.29. The maximum absolute atomic E-state index is 12.7. The van der Waals surface area contributed by atoms with Gasteiger partial charge in [0.05, 0.1) is 41.9 Å². The lowest BCUT2D eigenvalue weighted by atomic mass is 10.1. The number of rotatable bonds is 9. The third kappa shape index (κ3) is 5.92. The number of carbonyl (C=O) groups excluding carboxylic acids is 1. The molecule has 0 spiro atoms. The van der Waals surface area contributed by atoms with E-state index in [9.17, 15) is 4.79 Å². The fraction of sp³-hybridized carbons (Fsp3) is 0.345. The van der Waals surface area contributed by atoms with E-state index >= 15 is 0 Å². The molecule has 2 aliphatic heterocycles. The Morgan fingerprint density at radius 2 is 2.00 bits per heavy atom. The summed E-state index contributed by atoms with van der Waals surface area (Å²) >= 11 is 6.59. The Morgan fingerprint density at radius 1 is 1.11 bits per heavy atom. The third-order valence-corrected chi connectivity index (χ3v) is 6.99. The van der Waals surface area contributed by atoms with Crippen LogP contribution in [-0.2, 0) is 17.9 Å². The summed E-state index contributed by atoms with van der Waals surface area (Å²) in [6, 6.07) is 17.5. The lowest BCUT2D eigenvalue weighted by Crippen LogP contribution is -2.43. The van der Waals surface area contributed by atoms with Crippen molar-refractivity contribution >= 4 is 35.2 Å². The molecule has 0 bridgehead atoms. The summed E-state index contributed by atoms with van der Waals surface area (Å²) in [7, 11) is 3.83. The van der Waals surface area contributed by atoms with Crippen molar-refractivity contribution in [2.45, 2.75) is 32.0 Å². The number of nitrogens with zero attached hydrogens (tertiary/aromatic N) is 5. The quantitative estimate of drug-likeness (QED) is 0.388. The highest BCUT2D eigenvalue weighted by molar-refractivity contribution is 6.32. The number of pyridine rings is 1. The van der Waals surface area contributed by atoms with E-state index in [1.54, 1.807) is 6.20 Å². The smallest absolute Gasteiger partial charge is 0.237 e. The predicted octanol–water partition coefficient (Wildman–Crippen LogP) is 4.93. The third-order valence-electron chi connectivity index (χ3n) is 6.69. The second kappa shape index (κ2) is 11.8. The molecule has 2 aromatic carbocycles. The SMILES string of the molecule is CN(C)CC(=O)N1CCC[C@@H]1COc1cccc2c1CN=CN2c1ccc(OCc2ccccn2)c(Cl)c1. The van der Waals surface area contributed by atoms with Crippen LogP contribution in [0.25, 0.3) is 0 Å². The molecule has 2 aliphatic rings. The van der Waals surface area contributed by atoms with Crippen molar-refractivity contribution in [2.75, 3.05) is 38.7 Å². The van der Waals surface area contributed by atoms with E-state index < -0.39 is 0 Å². The molecule has 1 amide bonds. The van der Waals surface area contributed by atoms with Crippen LogP contribution in [0.1, 0.15) is 24.1 Å². The number of aliphatic imine (C=N–C) groups is 1. The minimum atomic E-state index is 0.0824. The molecule has 3 heterocycles. The molecule has 1 fully saturated rings. The molecule has 0 radical (unpaired) electrons. The van der Waals surface area contributed by atoms with Crippen LogP contribution in [-0.4, -0.2) is 66.9 Å². The van der Waals surface area contributed by atoms with Crippen LogP contribution in [0.3, 0.4) is 0 Å². The Morgan fingerprint density at radius 3 is 2.79 bits per heavy atom. The van der Waals surface area contributed by atoms with Crippen LogP contribution in [0.4, 0.5) is 11.4 Å². The molecule has 1 aromatic heterocycles. The number of hydrogen-bond acceptors (Lipinski definition) is 7. The molecule has 0 N–H and O–H groups in total. The fourth-order valence-corrected chi connectivity index (χ4v) is 5.06. The minimum Gasteiger partial charge on any atom is -0.491 e. The molecule has 0 unspecified atom stereocenters. The van der Waals surface area contributed by atoms with Crippen LogP contribution < -0.4 is 14.4 Å². The van der Waals surface area contributed by atoms with Crippen molar-refractivity contribution in [2.24, 2.45) is 4.99 Å². The number of hydrogen-bond donors (Lipinski definition) is 0. The normalized spacial score (nSPS) is 16.6. The number of halogens is 1. The van der Waals surface area contributed by atoms with E-state index in [2.05, 4.69) is 16.0 Å². The monoisotopic (exact) mass is 533 g/mol. The summed E-state index contributed by atoms with van der Waals surface area (Å²) in [6.45, 7) is 2.53. The number of anilines is 2. The van der Waals surface area contributed by atoms with Gasteiger partial charge in [0.2, 0.25) is 5.91 Å². The Kier molecular flexibility index (Phi) is 8.10. The van der Waals surface area contributed by atoms with Gasteiger partial charge < -0.3 is 24.2 Å². The van der Waals surface area contributed by atoms with Crippen molar-refractivity contribution in [1.82, 2.24) is 14.8 Å². The highest BCUT2D eigenvalue weighted by atomic mass is 35.5. The molecule has 5 rings (SSSR count). The molecule has 198 valence electrons. The van der Waals surface area contributed by atoms with Gasteiger partial charge in [-0.15, -0.1) is 0 Å². The number of likely N-dealkylation sites (tertiary alicyclic amines) is 1. The molecule has 0 saturated carbocycles. The second-order valence-electron chi connectivity index (χ2n) is 9.74. The lowest BCUT2D eigenvalue weighted by molar-refractivity contribution is -0.133. The van der Waals surface area contributed by atoms with Gasteiger partial charge in [0, 0.05) is 24.0 Å². The summed E-state index contributed by atoms with van der Waals surface area (Å²) < 4.78 is 12.2. The summed E-state index contributed by atoms with van der Waals surface area (Å²) in [5, 5.41) is 0.509. The minimum absolute atomic E-state index is 0.0824. The molecule has 38 heavy (non-hydrogen) atoms. The van der Waals surface area contributed by atoms with Crippen molar-refractivity contribution in [3.8, 4) is 11.5 Å². The number of fused-ring (bicyclic) bond motifs is 1. The molecule has 8 nitrogen and oxygen atoms in total. The van der Waals surface area contributed by atoms with Gasteiger partial charge in [-0.3, -0.25) is 14.8 Å². The van der Waals surface area contributed by atoms with Gasteiger partial charge in [0.1, 0.15) is 24.7 Å². The molecular formula is C29H32ClN5O3. The van der Waals surface area contributed by atoms with Gasteiger partial charge in [0.15, 0.2) is 0 Å². The zero-order valence-corrected chi connectivity index (χ0v) is 22.5. The number of aromatic nitrogens is 1. The van der Waals surface area contributed by atoms with Gasteiger partial charge in [0.25, 0.3) is 0 Å². The van der Waals surface area contributed by atoms with Crippen LogP contribution in [0.5, 0.6) is 11.5 Å². The first kappa shape index (κ1) is 26.0. The number of amides is 1. The number of benzene rings is 2. The van der Waals surface area contributed by atoms with Crippen LogP contribution >= 0.6 is 11.6 Å². The summed E-state index contributed by atoms with van der Waals surface area (Å²) in [4.78, 5) is 27.4. The fourth-order valence-electron chi connectivity index (χ4n) is 4.83. The van der Waals surface area contributed by atoms with E-state index in [4.69, 9.17) is 21.1 Å². The van der Waals surface area contributed by atoms with E-state index in [1.807, 2.05) is 83.7 Å². The molecule has 1 atom stereocenters. The second-order valence-corrected chi connectivity index (χ2v) is 10.1. The van der Waals surface area contributed by atoms with E-state index in [1.165, 1.54) is 0 Å². The Bertz CT molecular complexity index is 1300. The topological polar surface area (TPSA) is 70.5 Å². The maximum atomic E-state index is 12.7. The average molecular weight is 534 g/mol. The Labute approximate surface area is 228 Å². The van der Waals surface area contributed by atoms with Crippen molar-refractivity contribution in [3.05, 3.63) is 77.1 Å². The molecular weight excluding hydrogens is 502 g/mol. The van der Waals surface area contributed by atoms with E-state index in [0.29, 0.717) is 37.1 Å². The predicted molar refractivity (Wildman–Crippen MR) is 150 cm³/mol. The van der Waals surface area contributed by atoms with Crippen molar-refractivity contribution in [1.29, 1.82) is 0 Å².